The van der Waals surface area contributed by atoms with E-state index >= 15 is 0 Å². The molecule has 6 nitrogen and oxygen atoms in total. The highest BCUT2D eigenvalue weighted by Gasteiger charge is 2.23. The lowest BCUT2D eigenvalue weighted by Gasteiger charge is -2.31. The van der Waals surface area contributed by atoms with Crippen molar-refractivity contribution in [1.29, 1.82) is 0 Å². The lowest BCUT2D eigenvalue weighted by atomic mass is 9.97. The SMILES string of the molecule is Cc1ccc(-c2nc(CC(=O)NCCCN3CCCC(C(N)=O)C3)cs2)cc1. The van der Waals surface area contributed by atoms with Gasteiger partial charge in [0.2, 0.25) is 11.8 Å². The summed E-state index contributed by atoms with van der Waals surface area (Å²) in [6, 6.07) is 8.25. The van der Waals surface area contributed by atoms with E-state index in [-0.39, 0.29) is 17.7 Å². The first kappa shape index (κ1) is 20.5. The largest absolute Gasteiger partial charge is 0.369 e. The van der Waals surface area contributed by atoms with E-state index < -0.39 is 0 Å². The number of benzene rings is 1. The molecule has 1 aromatic carbocycles. The lowest BCUT2D eigenvalue weighted by Crippen LogP contribution is -2.42. The van der Waals surface area contributed by atoms with Crippen LogP contribution in [0.25, 0.3) is 10.6 Å². The van der Waals surface area contributed by atoms with Crippen LogP contribution in [-0.2, 0) is 16.0 Å². The van der Waals surface area contributed by atoms with Crippen molar-refractivity contribution in [1.82, 2.24) is 15.2 Å². The van der Waals surface area contributed by atoms with Crippen molar-refractivity contribution in [2.24, 2.45) is 11.7 Å². The summed E-state index contributed by atoms with van der Waals surface area (Å²) in [5.74, 6) is -0.239. The Morgan fingerprint density at radius 2 is 2.11 bits per heavy atom. The van der Waals surface area contributed by atoms with E-state index in [1.165, 1.54) is 5.56 Å². The summed E-state index contributed by atoms with van der Waals surface area (Å²) in [5, 5.41) is 5.86. The molecule has 0 bridgehead atoms. The van der Waals surface area contributed by atoms with E-state index in [9.17, 15) is 9.59 Å². The van der Waals surface area contributed by atoms with Gasteiger partial charge in [-0.2, -0.15) is 0 Å². The van der Waals surface area contributed by atoms with Gasteiger partial charge in [-0.05, 0) is 39.3 Å². The maximum Gasteiger partial charge on any atom is 0.226 e. The molecule has 3 N–H and O–H groups in total. The highest BCUT2D eigenvalue weighted by molar-refractivity contribution is 7.13. The van der Waals surface area contributed by atoms with Gasteiger partial charge in [-0.25, -0.2) is 4.98 Å². The van der Waals surface area contributed by atoms with Crippen LogP contribution < -0.4 is 11.1 Å². The van der Waals surface area contributed by atoms with Crippen molar-refractivity contribution in [2.45, 2.75) is 32.6 Å². The second-order valence-electron chi connectivity index (χ2n) is 7.43. The van der Waals surface area contributed by atoms with Crippen LogP contribution in [0.5, 0.6) is 0 Å². The summed E-state index contributed by atoms with van der Waals surface area (Å²) in [4.78, 5) is 30.4. The van der Waals surface area contributed by atoms with Gasteiger partial charge in [0.25, 0.3) is 0 Å². The number of thiazole rings is 1. The molecule has 3 rings (SSSR count). The van der Waals surface area contributed by atoms with E-state index in [4.69, 9.17) is 5.73 Å². The predicted molar refractivity (Wildman–Crippen MR) is 112 cm³/mol. The van der Waals surface area contributed by atoms with Crippen molar-refractivity contribution in [3.63, 3.8) is 0 Å². The Labute approximate surface area is 170 Å². The number of amides is 2. The molecule has 2 aromatic rings. The minimum atomic E-state index is -0.203. The predicted octanol–water partition coefficient (Wildman–Crippen LogP) is 2.36. The Kier molecular flexibility index (Phi) is 7.17. The summed E-state index contributed by atoms with van der Waals surface area (Å²) in [6.45, 7) is 5.30. The summed E-state index contributed by atoms with van der Waals surface area (Å²) in [5.41, 5.74) is 8.52. The fraction of sp³-hybridized carbons (Fsp3) is 0.476. The second kappa shape index (κ2) is 9.80. The van der Waals surface area contributed by atoms with Gasteiger partial charge < -0.3 is 16.0 Å². The van der Waals surface area contributed by atoms with Crippen LogP contribution in [0.1, 0.15) is 30.5 Å². The maximum atomic E-state index is 12.2. The molecule has 7 heteroatoms. The molecule has 1 aliphatic heterocycles. The molecule has 0 saturated carbocycles. The smallest absolute Gasteiger partial charge is 0.226 e. The van der Waals surface area contributed by atoms with Gasteiger partial charge in [0.15, 0.2) is 0 Å². The fourth-order valence-corrected chi connectivity index (χ4v) is 4.29. The molecule has 1 fully saturated rings. The highest BCUT2D eigenvalue weighted by Crippen LogP contribution is 2.24. The monoisotopic (exact) mass is 400 g/mol. The Balaban J connectivity index is 1.38. The Morgan fingerprint density at radius 1 is 1.32 bits per heavy atom. The number of primary amides is 1. The number of carbonyl (C=O) groups is 2. The van der Waals surface area contributed by atoms with Crippen molar-refractivity contribution >= 4 is 23.2 Å². The van der Waals surface area contributed by atoms with Crippen molar-refractivity contribution in [3.8, 4) is 10.6 Å². The molecule has 28 heavy (non-hydrogen) atoms. The van der Waals surface area contributed by atoms with Crippen LogP contribution in [-0.4, -0.2) is 47.9 Å². The third-order valence-electron chi connectivity index (χ3n) is 5.07. The number of aryl methyl sites for hydroxylation is 1. The Bertz CT molecular complexity index is 803. The number of nitrogens with one attached hydrogen (secondary N) is 1. The van der Waals surface area contributed by atoms with Gasteiger partial charge in [-0.15, -0.1) is 11.3 Å². The van der Waals surface area contributed by atoms with Crippen molar-refractivity contribution in [2.75, 3.05) is 26.2 Å². The number of hydrogen-bond donors (Lipinski definition) is 2. The van der Waals surface area contributed by atoms with Crippen molar-refractivity contribution in [3.05, 3.63) is 40.9 Å². The minimum absolute atomic E-state index is 0.00517. The number of carbonyl (C=O) groups excluding carboxylic acids is 2. The number of nitrogens with zero attached hydrogens (tertiary/aromatic N) is 2. The van der Waals surface area contributed by atoms with E-state index in [1.807, 2.05) is 5.38 Å². The topological polar surface area (TPSA) is 88.3 Å². The fourth-order valence-electron chi connectivity index (χ4n) is 3.47. The zero-order valence-electron chi connectivity index (χ0n) is 16.3. The number of piperidine rings is 1. The molecule has 2 heterocycles. The van der Waals surface area contributed by atoms with Gasteiger partial charge >= 0.3 is 0 Å². The first-order valence-electron chi connectivity index (χ1n) is 9.81. The zero-order chi connectivity index (χ0) is 19.9. The molecular formula is C21H28N4O2S. The average Bonchev–Trinajstić information content (AvgIpc) is 3.14. The quantitative estimate of drug-likeness (QED) is 0.666. The van der Waals surface area contributed by atoms with Gasteiger partial charge in [0, 0.05) is 24.0 Å². The molecule has 1 saturated heterocycles. The second-order valence-corrected chi connectivity index (χ2v) is 8.29. The number of nitrogens with two attached hydrogens (primary N) is 1. The highest BCUT2D eigenvalue weighted by atomic mass is 32.1. The number of rotatable bonds is 8. The molecule has 1 atom stereocenters. The molecule has 1 unspecified atom stereocenters. The number of hydrogen-bond acceptors (Lipinski definition) is 5. The Hall–Kier alpha value is -2.25. The van der Waals surface area contributed by atoms with E-state index in [0.717, 1.165) is 55.2 Å². The summed E-state index contributed by atoms with van der Waals surface area (Å²) < 4.78 is 0. The van der Waals surface area contributed by atoms with Crippen LogP contribution in [0.2, 0.25) is 0 Å². The number of likely N-dealkylation sites (tertiary alicyclic amines) is 1. The molecule has 150 valence electrons. The molecule has 0 radical (unpaired) electrons. The first-order chi connectivity index (χ1) is 13.5. The van der Waals surface area contributed by atoms with E-state index in [1.54, 1.807) is 11.3 Å². The third-order valence-corrected chi connectivity index (χ3v) is 6.01. The molecule has 2 amide bonds. The standard InChI is InChI=1S/C21H28N4O2S/c1-15-5-7-16(8-6-15)21-24-18(14-28-21)12-19(26)23-9-3-11-25-10-2-4-17(13-25)20(22)27/h5-8,14,17H,2-4,9-13H2,1H3,(H2,22,27)(H,23,26). The zero-order valence-corrected chi connectivity index (χ0v) is 17.1. The van der Waals surface area contributed by atoms with E-state index in [0.29, 0.717) is 13.0 Å². The van der Waals surface area contributed by atoms with Crippen LogP contribution in [0, 0.1) is 12.8 Å². The first-order valence-corrected chi connectivity index (χ1v) is 10.7. The number of aromatic nitrogens is 1. The average molecular weight is 401 g/mol. The molecular weight excluding hydrogens is 372 g/mol. The van der Waals surface area contributed by atoms with Crippen LogP contribution >= 0.6 is 11.3 Å². The normalized spacial score (nSPS) is 17.4. The molecule has 1 aliphatic rings. The molecule has 0 spiro atoms. The minimum Gasteiger partial charge on any atom is -0.369 e. The summed E-state index contributed by atoms with van der Waals surface area (Å²) >= 11 is 1.56. The van der Waals surface area contributed by atoms with Crippen molar-refractivity contribution < 1.29 is 9.59 Å². The lowest BCUT2D eigenvalue weighted by molar-refractivity contribution is -0.123. The van der Waals surface area contributed by atoms with Gasteiger partial charge in [0.1, 0.15) is 5.01 Å². The van der Waals surface area contributed by atoms with Crippen LogP contribution in [0.3, 0.4) is 0 Å². The maximum absolute atomic E-state index is 12.2. The molecule has 1 aromatic heterocycles. The van der Waals surface area contributed by atoms with Crippen LogP contribution in [0.4, 0.5) is 0 Å². The third kappa shape index (κ3) is 5.87. The van der Waals surface area contributed by atoms with Gasteiger partial charge in [0.05, 0.1) is 18.0 Å². The molecule has 0 aliphatic carbocycles. The van der Waals surface area contributed by atoms with Gasteiger partial charge in [-0.1, -0.05) is 29.8 Å². The summed E-state index contributed by atoms with van der Waals surface area (Å²) in [7, 11) is 0. The van der Waals surface area contributed by atoms with Crippen LogP contribution in [0.15, 0.2) is 29.6 Å². The Morgan fingerprint density at radius 3 is 2.86 bits per heavy atom. The van der Waals surface area contributed by atoms with E-state index in [2.05, 4.69) is 46.4 Å². The van der Waals surface area contributed by atoms with Gasteiger partial charge in [-0.3, -0.25) is 9.59 Å². The summed E-state index contributed by atoms with van der Waals surface area (Å²) in [6.07, 6.45) is 3.06.